The summed E-state index contributed by atoms with van der Waals surface area (Å²) in [4.78, 5) is 5.41. The van der Waals surface area contributed by atoms with Crippen molar-refractivity contribution in [2.45, 2.75) is 71.4 Å². The van der Waals surface area contributed by atoms with E-state index in [9.17, 15) is 25.9 Å². The molecule has 0 radical (unpaired) electrons. The zero-order valence-electron chi connectivity index (χ0n) is 49.1. The number of thiophene rings is 1. The first kappa shape index (κ1) is 60.9. The van der Waals surface area contributed by atoms with Crippen LogP contribution in [0, 0.1) is 0 Å². The highest BCUT2D eigenvalue weighted by Gasteiger charge is 2.30. The second-order valence-electron chi connectivity index (χ2n) is 21.0. The fourth-order valence-corrected chi connectivity index (χ4v) is 15.4. The molecule has 5 heterocycles. The van der Waals surface area contributed by atoms with E-state index >= 15 is 0 Å². The van der Waals surface area contributed by atoms with Crippen molar-refractivity contribution in [2.24, 2.45) is 0 Å². The van der Waals surface area contributed by atoms with Crippen LogP contribution in [0.3, 0.4) is 0 Å². The van der Waals surface area contributed by atoms with Crippen LogP contribution in [-0.4, -0.2) is 57.6 Å². The lowest BCUT2D eigenvalue weighted by Crippen LogP contribution is -2.36. The summed E-state index contributed by atoms with van der Waals surface area (Å²) in [5, 5.41) is 4.88. The molecule has 10 aromatic rings. The van der Waals surface area contributed by atoms with Crippen LogP contribution in [0.15, 0.2) is 207 Å². The van der Waals surface area contributed by atoms with Gasteiger partial charge in [-0.1, -0.05) is 146 Å². The molecule has 7 aromatic carbocycles. The van der Waals surface area contributed by atoms with Gasteiger partial charge in [0.2, 0.25) is 17.0 Å². The number of thiazole rings is 1. The minimum absolute atomic E-state index is 0.244. The Labute approximate surface area is 521 Å². The Bertz CT molecular complexity index is 4510. The highest BCUT2D eigenvalue weighted by molar-refractivity contribution is 8.03. The van der Waals surface area contributed by atoms with E-state index in [4.69, 9.17) is 13.9 Å². The first-order valence-corrected chi connectivity index (χ1v) is 34.8. The normalized spacial score (nSPS) is 14.5. The number of nitrogens with zero attached hydrogens (tertiary/aromatic N) is 4. The third-order valence-electron chi connectivity index (χ3n) is 15.4. The van der Waals surface area contributed by atoms with Crippen LogP contribution in [-0.2, 0) is 33.3 Å². The quantitative estimate of drug-likeness (QED) is 0.0551. The van der Waals surface area contributed by atoms with Gasteiger partial charge in [0, 0.05) is 54.1 Å². The molecule has 0 fully saturated rings. The number of aromatic nitrogens is 2. The monoisotopic (exact) mass is 1260 g/mol. The van der Waals surface area contributed by atoms with E-state index in [0.717, 1.165) is 123 Å². The van der Waals surface area contributed by atoms with Gasteiger partial charge in [0.25, 0.3) is 30.8 Å². The number of anilines is 2. The molecule has 87 heavy (non-hydrogen) atoms. The van der Waals surface area contributed by atoms with Gasteiger partial charge in [0.05, 0.1) is 41.1 Å². The van der Waals surface area contributed by atoms with E-state index < -0.39 is 20.2 Å². The highest BCUT2D eigenvalue weighted by Crippen LogP contribution is 2.49. The smallest absolute Gasteiger partial charge is 0.374 e. The van der Waals surface area contributed by atoms with Crippen LogP contribution < -0.4 is 28.4 Å². The number of allylic oxidation sites excluding steroid dienone is 4. The molecule has 0 aliphatic carbocycles. The van der Waals surface area contributed by atoms with Crippen molar-refractivity contribution in [3.8, 4) is 44.9 Å². The van der Waals surface area contributed by atoms with E-state index in [-0.39, 0.29) is 24.3 Å². The van der Waals surface area contributed by atoms with Crippen molar-refractivity contribution in [3.63, 3.8) is 0 Å². The van der Waals surface area contributed by atoms with Gasteiger partial charge in [-0.2, -0.15) is 26.0 Å². The minimum Gasteiger partial charge on any atom is -0.496 e. The molecule has 0 bridgehead atoms. The van der Waals surface area contributed by atoms with Gasteiger partial charge in [-0.3, -0.25) is 9.11 Å². The van der Waals surface area contributed by atoms with Crippen molar-refractivity contribution in [1.82, 2.24) is 0 Å². The van der Waals surface area contributed by atoms with Crippen molar-refractivity contribution in [2.75, 3.05) is 41.5 Å². The minimum atomic E-state index is -4.11. The zero-order valence-corrected chi connectivity index (χ0v) is 53.1. The number of methoxy groups -OCH3 is 1. The second-order valence-corrected chi connectivity index (χ2v) is 27.2. The molecular formula is C69H68N4O9S5+2. The number of fused-ring (bicyclic) bond motifs is 6. The van der Waals surface area contributed by atoms with Crippen molar-refractivity contribution in [3.05, 3.63) is 208 Å². The Hall–Kier alpha value is -7.81. The van der Waals surface area contributed by atoms with E-state index in [1.807, 2.05) is 47.8 Å². The van der Waals surface area contributed by atoms with Crippen LogP contribution in [0.25, 0.3) is 76.9 Å². The van der Waals surface area contributed by atoms with Crippen LogP contribution in [0.5, 0.6) is 11.5 Å². The average Bonchev–Trinajstić information content (AvgIpc) is 2.21. The predicted molar refractivity (Wildman–Crippen MR) is 357 cm³/mol. The molecular weight excluding hydrogens is 1190 g/mol. The Morgan fingerprint density at radius 3 is 1.87 bits per heavy atom. The van der Waals surface area contributed by atoms with Crippen LogP contribution in [0.2, 0.25) is 0 Å². The fraction of sp³-hybridized carbons (Fsp3) is 0.217. The lowest BCUT2D eigenvalue weighted by molar-refractivity contribution is -0.674. The maximum Gasteiger partial charge on any atom is 0.374 e. The molecule has 2 N–H and O–H groups in total. The largest absolute Gasteiger partial charge is 0.496 e. The van der Waals surface area contributed by atoms with Gasteiger partial charge in [-0.25, -0.2) is 0 Å². The summed E-state index contributed by atoms with van der Waals surface area (Å²) in [7, 11) is -6.57. The van der Waals surface area contributed by atoms with Crippen molar-refractivity contribution in [1.29, 1.82) is 0 Å². The summed E-state index contributed by atoms with van der Waals surface area (Å²) >= 11 is 4.81. The van der Waals surface area contributed by atoms with Crippen LogP contribution in [0.1, 0.15) is 64.3 Å². The van der Waals surface area contributed by atoms with Gasteiger partial charge in [0.15, 0.2) is 12.3 Å². The second kappa shape index (κ2) is 26.7. The number of thioether (sulfide) groups is 1. The number of ether oxygens (including phenoxy) is 2. The third kappa shape index (κ3) is 13.8. The number of oxazole rings is 1. The third-order valence-corrected chi connectivity index (χ3v) is 20.1. The van der Waals surface area contributed by atoms with E-state index in [1.165, 1.54) is 22.3 Å². The van der Waals surface area contributed by atoms with Gasteiger partial charge >= 0.3 is 5.89 Å². The highest BCUT2D eigenvalue weighted by atomic mass is 32.2. The van der Waals surface area contributed by atoms with Gasteiger partial charge < -0.3 is 23.7 Å². The van der Waals surface area contributed by atoms with Gasteiger partial charge in [-0.15, -0.1) is 11.3 Å². The van der Waals surface area contributed by atoms with E-state index in [0.29, 0.717) is 19.5 Å². The lowest BCUT2D eigenvalue weighted by Gasteiger charge is -2.21. The molecule has 0 unspecified atom stereocenters. The molecule has 3 aromatic heterocycles. The molecule has 2 aliphatic rings. The number of hydrogen-bond donors (Lipinski definition) is 2. The topological polar surface area (TPSA) is 155 Å². The molecule has 12 rings (SSSR count). The molecule has 446 valence electrons. The first-order valence-electron chi connectivity index (χ1n) is 29.1. The molecule has 0 amide bonds. The Morgan fingerprint density at radius 2 is 1.25 bits per heavy atom. The SMILES string of the molecule is CCC(/C=C1\Sc2ccc(-c3ccccc3)cc2N1CCCS(=O)(=O)O)=C\c1sc2cc(OC)c3ccsc3c2[n+]1CCCS(=O)(=O)O.CCC(=C\c1oc2ccc(-c3ccccc3)cc2[n+]1CC)/C=C1/Oc2ccc(-c3ccccc3)cc2N1CC. The molecule has 2 aliphatic heterocycles. The fourth-order valence-electron chi connectivity index (χ4n) is 11.0. The first-order chi connectivity index (χ1) is 42.1. The summed E-state index contributed by atoms with van der Waals surface area (Å²) in [6, 6.07) is 54.2. The van der Waals surface area contributed by atoms with Crippen LogP contribution in [0.4, 0.5) is 11.4 Å². The van der Waals surface area contributed by atoms with Crippen molar-refractivity contribution < 1.29 is 49.0 Å². The summed E-state index contributed by atoms with van der Waals surface area (Å²) in [6.07, 6.45) is 10.6. The molecule has 0 atom stereocenters. The summed E-state index contributed by atoms with van der Waals surface area (Å²) in [5.41, 5.74) is 14.1. The molecule has 18 heteroatoms. The predicted octanol–water partition coefficient (Wildman–Crippen LogP) is 16.5. The molecule has 0 saturated heterocycles. The van der Waals surface area contributed by atoms with Gasteiger partial charge in [0.1, 0.15) is 21.7 Å². The maximum atomic E-state index is 11.6. The summed E-state index contributed by atoms with van der Waals surface area (Å²) in [5.74, 6) is 2.67. The van der Waals surface area contributed by atoms with Crippen molar-refractivity contribution >= 4 is 110 Å². The standard InChI is InChI=1S/C35H33N2O2.C34H34N2O7S5/c1-4-25(21-34-36(5-2)30-23-28(17-19-32(30)38-34)26-13-9-7-10-14-26)22-35-37(6-3)31-24-29(18-20-33(31)39-35)27-15-11-8-12-16-27;1-3-23(20-32-36(15-8-18-48(40,41)42)33-30(46-32)22-28(43-2)26-13-16-44-34(26)33)19-31-35(14-7-17-47(37,38)39)27-21-25(11-12-29(27)45-31)24-9-5-4-6-10-24/h7-24H,4-6H2,1-3H3;4-6,9-13,16,19-22H,3,7-8,14-15,17-18H2,1-2H3,(H-,37,38,39,40,41,42)/q+1;/p+1. The number of hydrogen-bond acceptors (Lipinski definition) is 12. The molecule has 0 spiro atoms. The van der Waals surface area contributed by atoms with E-state index in [2.05, 4.69) is 186 Å². The van der Waals surface area contributed by atoms with Crippen LogP contribution >= 0.6 is 34.4 Å². The van der Waals surface area contributed by atoms with Gasteiger partial charge in [-0.05, 0) is 125 Å². The molecule has 0 saturated carbocycles. The summed E-state index contributed by atoms with van der Waals surface area (Å²) in [6.45, 7) is 11.0. The Balaban J connectivity index is 0.000000184. The number of aryl methyl sites for hydroxylation is 2. The average molecular weight is 1260 g/mol. The van der Waals surface area contributed by atoms with E-state index in [1.54, 1.807) is 41.5 Å². The number of benzene rings is 7. The zero-order chi connectivity index (χ0) is 60.8. The number of rotatable bonds is 20. The Kier molecular flexibility index (Phi) is 18.7. The molecule has 13 nitrogen and oxygen atoms in total. The maximum absolute atomic E-state index is 11.6. The lowest BCUT2D eigenvalue weighted by atomic mass is 10.0. The Morgan fingerprint density at radius 1 is 0.644 bits per heavy atom. The summed E-state index contributed by atoms with van der Waals surface area (Å²) < 4.78 is 90.1.